The monoisotopic (exact) mass is 246 g/mol. The molecule has 0 unspecified atom stereocenters. The summed E-state index contributed by atoms with van der Waals surface area (Å²) in [7, 11) is 0. The Kier molecular flexibility index (Phi) is 2.49. The minimum atomic E-state index is -0.704. The van der Waals surface area contributed by atoms with Crippen LogP contribution in [0.25, 0.3) is 0 Å². The van der Waals surface area contributed by atoms with Crippen LogP contribution < -0.4 is 0 Å². The Morgan fingerprint density at radius 1 is 1.06 bits per heavy atom. The molecule has 2 aliphatic rings. The Morgan fingerprint density at radius 3 is 1.94 bits per heavy atom. The molecule has 0 radical (unpaired) electrons. The Balaban J connectivity index is 1.89. The lowest BCUT2D eigenvalue weighted by molar-refractivity contribution is -0.147. The fourth-order valence-electron chi connectivity index (χ4n) is 2.99. The van der Waals surface area contributed by atoms with Crippen molar-refractivity contribution in [2.24, 2.45) is 0 Å². The average molecular weight is 246 g/mol. The van der Waals surface area contributed by atoms with Gasteiger partial charge in [0.2, 0.25) is 0 Å². The topological polar surface area (TPSA) is 57.5 Å². The summed E-state index contributed by atoms with van der Waals surface area (Å²) in [6, 6.07) is 7.89. The summed E-state index contributed by atoms with van der Waals surface area (Å²) in [5.41, 5.74) is 1.38. The molecule has 0 aromatic heterocycles. The molecule has 2 saturated carbocycles. The van der Waals surface area contributed by atoms with Gasteiger partial charge in [0.1, 0.15) is 0 Å². The van der Waals surface area contributed by atoms with Crippen LogP contribution in [0.15, 0.2) is 24.3 Å². The van der Waals surface area contributed by atoms with E-state index in [1.807, 2.05) is 24.3 Å². The molecule has 1 aromatic carbocycles. The zero-order chi connectivity index (χ0) is 12.8. The van der Waals surface area contributed by atoms with E-state index < -0.39 is 11.4 Å². The second-order valence-electron chi connectivity index (χ2n) is 5.76. The molecule has 2 aliphatic carbocycles. The highest BCUT2D eigenvalue weighted by Gasteiger charge is 2.47. The van der Waals surface area contributed by atoms with Gasteiger partial charge in [0.05, 0.1) is 12.0 Å². The largest absolute Gasteiger partial charge is 0.481 e. The minimum absolute atomic E-state index is 0.0332. The number of rotatable bonds is 4. The van der Waals surface area contributed by atoms with Crippen molar-refractivity contribution in [2.75, 3.05) is 6.61 Å². The van der Waals surface area contributed by atoms with Crippen molar-refractivity contribution >= 4 is 5.97 Å². The number of carboxylic acid groups (broad SMARTS) is 1. The first-order valence-corrected chi connectivity index (χ1v) is 6.58. The summed E-state index contributed by atoms with van der Waals surface area (Å²) in [6.45, 7) is 0.191. The highest BCUT2D eigenvalue weighted by atomic mass is 16.4. The van der Waals surface area contributed by atoms with Crippen LogP contribution in [-0.2, 0) is 15.6 Å². The number of aliphatic hydroxyl groups excluding tert-OH is 1. The first kappa shape index (κ1) is 11.7. The van der Waals surface area contributed by atoms with Crippen LogP contribution in [0, 0.1) is 0 Å². The van der Waals surface area contributed by atoms with E-state index >= 15 is 0 Å². The molecule has 3 rings (SSSR count). The molecule has 0 atom stereocenters. The van der Waals surface area contributed by atoms with Crippen LogP contribution in [0.2, 0.25) is 0 Å². The van der Waals surface area contributed by atoms with Crippen LogP contribution in [0.4, 0.5) is 0 Å². The van der Waals surface area contributed by atoms with Crippen molar-refractivity contribution in [2.45, 2.75) is 42.9 Å². The van der Waals surface area contributed by atoms with Crippen molar-refractivity contribution < 1.29 is 15.0 Å². The highest BCUT2D eigenvalue weighted by Crippen LogP contribution is 2.49. The second-order valence-corrected chi connectivity index (χ2v) is 5.76. The molecule has 3 heteroatoms. The van der Waals surface area contributed by atoms with Gasteiger partial charge in [-0.05, 0) is 36.8 Å². The number of hydrogen-bond acceptors (Lipinski definition) is 2. The first-order chi connectivity index (χ1) is 8.63. The summed E-state index contributed by atoms with van der Waals surface area (Å²) in [5, 5.41) is 18.8. The third kappa shape index (κ3) is 1.50. The SMILES string of the molecule is O=C(O)C1(c2ccc(C3(CO)CC3)cc2)CCC1. The second kappa shape index (κ2) is 3.82. The maximum absolute atomic E-state index is 11.4. The molecule has 96 valence electrons. The van der Waals surface area contributed by atoms with Crippen molar-refractivity contribution in [3.05, 3.63) is 35.4 Å². The number of hydrogen-bond donors (Lipinski definition) is 2. The minimum Gasteiger partial charge on any atom is -0.481 e. The summed E-state index contributed by atoms with van der Waals surface area (Å²) in [6.07, 6.45) is 4.55. The normalized spacial score (nSPS) is 23.2. The van der Waals surface area contributed by atoms with E-state index in [0.29, 0.717) is 0 Å². The summed E-state index contributed by atoms with van der Waals surface area (Å²) >= 11 is 0. The van der Waals surface area contributed by atoms with Crippen molar-refractivity contribution in [3.8, 4) is 0 Å². The molecule has 3 nitrogen and oxygen atoms in total. The Labute approximate surface area is 106 Å². The predicted molar refractivity (Wildman–Crippen MR) is 67.6 cm³/mol. The van der Waals surface area contributed by atoms with Gasteiger partial charge in [-0.1, -0.05) is 30.7 Å². The van der Waals surface area contributed by atoms with Crippen LogP contribution in [-0.4, -0.2) is 22.8 Å². The number of aliphatic carboxylic acids is 1. The standard InChI is InChI=1S/C15H18O3/c16-10-14(8-9-14)11-2-4-12(5-3-11)15(13(17)18)6-1-7-15/h2-5,16H,1,6-10H2,(H,17,18). The number of benzene rings is 1. The van der Waals surface area contributed by atoms with Gasteiger partial charge in [-0.25, -0.2) is 0 Å². The Morgan fingerprint density at radius 2 is 1.61 bits per heavy atom. The molecule has 18 heavy (non-hydrogen) atoms. The van der Waals surface area contributed by atoms with Gasteiger partial charge < -0.3 is 10.2 Å². The van der Waals surface area contributed by atoms with Crippen LogP contribution in [0.5, 0.6) is 0 Å². The van der Waals surface area contributed by atoms with Crippen LogP contribution >= 0.6 is 0 Å². The number of carboxylic acids is 1. The van der Waals surface area contributed by atoms with Gasteiger partial charge in [-0.15, -0.1) is 0 Å². The molecule has 0 spiro atoms. The lowest BCUT2D eigenvalue weighted by Crippen LogP contribution is -2.42. The Hall–Kier alpha value is -1.35. The molecule has 0 bridgehead atoms. The molecule has 1 aromatic rings. The molecule has 0 amide bonds. The van der Waals surface area contributed by atoms with Gasteiger partial charge >= 0.3 is 5.97 Å². The van der Waals surface area contributed by atoms with Gasteiger partial charge in [-0.3, -0.25) is 4.79 Å². The maximum atomic E-state index is 11.4. The van der Waals surface area contributed by atoms with Crippen LogP contribution in [0.3, 0.4) is 0 Å². The first-order valence-electron chi connectivity index (χ1n) is 6.58. The molecular formula is C15H18O3. The lowest BCUT2D eigenvalue weighted by atomic mass is 9.64. The highest BCUT2D eigenvalue weighted by molar-refractivity contribution is 5.82. The van der Waals surface area contributed by atoms with Gasteiger partial charge in [0.15, 0.2) is 0 Å². The third-order valence-electron chi connectivity index (χ3n) is 4.82. The van der Waals surface area contributed by atoms with Crippen molar-refractivity contribution in [3.63, 3.8) is 0 Å². The fraction of sp³-hybridized carbons (Fsp3) is 0.533. The van der Waals surface area contributed by atoms with Crippen LogP contribution in [0.1, 0.15) is 43.2 Å². The number of aliphatic hydroxyl groups is 1. The zero-order valence-corrected chi connectivity index (χ0v) is 10.4. The molecule has 2 N–H and O–H groups in total. The summed E-state index contributed by atoms with van der Waals surface area (Å²) in [4.78, 5) is 11.4. The molecule has 0 heterocycles. The Bertz CT molecular complexity index is 467. The molecule has 0 aliphatic heterocycles. The van der Waals surface area contributed by atoms with E-state index in [1.165, 1.54) is 0 Å². The van der Waals surface area contributed by atoms with Gasteiger partial charge in [0, 0.05) is 5.41 Å². The zero-order valence-electron chi connectivity index (χ0n) is 10.4. The summed E-state index contributed by atoms with van der Waals surface area (Å²) in [5.74, 6) is -0.704. The fourth-order valence-corrected chi connectivity index (χ4v) is 2.99. The van der Waals surface area contributed by atoms with E-state index in [2.05, 4.69) is 0 Å². The maximum Gasteiger partial charge on any atom is 0.314 e. The van der Waals surface area contributed by atoms with Gasteiger partial charge in [0.25, 0.3) is 0 Å². The molecule has 2 fully saturated rings. The van der Waals surface area contributed by atoms with Crippen molar-refractivity contribution in [1.29, 1.82) is 0 Å². The van der Waals surface area contributed by atoms with Crippen molar-refractivity contribution in [1.82, 2.24) is 0 Å². The van der Waals surface area contributed by atoms with E-state index in [9.17, 15) is 15.0 Å². The van der Waals surface area contributed by atoms with E-state index in [0.717, 1.165) is 43.2 Å². The predicted octanol–water partition coefficient (Wildman–Crippen LogP) is 2.22. The lowest BCUT2D eigenvalue weighted by Gasteiger charge is -2.38. The third-order valence-corrected chi connectivity index (χ3v) is 4.82. The quantitative estimate of drug-likeness (QED) is 0.856. The van der Waals surface area contributed by atoms with Gasteiger partial charge in [-0.2, -0.15) is 0 Å². The van der Waals surface area contributed by atoms with E-state index in [1.54, 1.807) is 0 Å². The molecule has 0 saturated heterocycles. The van der Waals surface area contributed by atoms with E-state index in [4.69, 9.17) is 0 Å². The number of carbonyl (C=O) groups is 1. The summed E-state index contributed by atoms with van der Waals surface area (Å²) < 4.78 is 0. The van der Waals surface area contributed by atoms with E-state index in [-0.39, 0.29) is 12.0 Å². The average Bonchev–Trinajstić information content (AvgIpc) is 3.09. The smallest absolute Gasteiger partial charge is 0.314 e. The molecular weight excluding hydrogens is 228 g/mol.